The monoisotopic (exact) mass is 441 g/mol. The molecule has 4 fully saturated rings. The van der Waals surface area contributed by atoms with Crippen LogP contribution in [0.1, 0.15) is 59.4 Å². The predicted octanol–water partition coefficient (Wildman–Crippen LogP) is 4.81. The molecule has 7 rings (SSSR count). The number of nitrogens with two attached hydrogens (primary N) is 1. The lowest BCUT2D eigenvalue weighted by atomic mass is 9.53. The number of benzene rings is 2. The molecule has 4 saturated carbocycles. The maximum Gasteiger partial charge on any atom is 0.273 e. The van der Waals surface area contributed by atoms with E-state index in [1.807, 2.05) is 36.4 Å². The minimum Gasteiger partial charge on any atom is -0.366 e. The second-order valence-corrected chi connectivity index (χ2v) is 10.3. The molecule has 168 valence electrons. The van der Waals surface area contributed by atoms with E-state index in [0.717, 1.165) is 53.7 Å². The van der Waals surface area contributed by atoms with Crippen LogP contribution in [-0.4, -0.2) is 22.5 Å². The Hall–Kier alpha value is -3.41. The first-order chi connectivity index (χ1) is 16.0. The van der Waals surface area contributed by atoms with Gasteiger partial charge in [0.05, 0.1) is 0 Å². The zero-order chi connectivity index (χ0) is 22.6. The molecule has 4 aliphatic rings. The molecule has 0 spiro atoms. The maximum absolute atomic E-state index is 13.0. The van der Waals surface area contributed by atoms with Gasteiger partial charge >= 0.3 is 0 Å². The van der Waals surface area contributed by atoms with Crippen molar-refractivity contribution < 1.29 is 14.1 Å². The highest BCUT2D eigenvalue weighted by Crippen LogP contribution is 2.55. The molecule has 0 unspecified atom stereocenters. The molecular formula is C27H27N3O3. The quantitative estimate of drug-likeness (QED) is 0.594. The van der Waals surface area contributed by atoms with Gasteiger partial charge in [-0.3, -0.25) is 9.59 Å². The van der Waals surface area contributed by atoms with Crippen LogP contribution in [0.5, 0.6) is 0 Å². The van der Waals surface area contributed by atoms with Crippen LogP contribution in [0.25, 0.3) is 22.5 Å². The van der Waals surface area contributed by atoms with Gasteiger partial charge in [0.1, 0.15) is 0 Å². The highest BCUT2D eigenvalue weighted by atomic mass is 16.5. The van der Waals surface area contributed by atoms with Crippen molar-refractivity contribution in [1.82, 2.24) is 10.5 Å². The maximum atomic E-state index is 13.0. The van der Waals surface area contributed by atoms with E-state index < -0.39 is 5.91 Å². The van der Waals surface area contributed by atoms with E-state index in [9.17, 15) is 9.59 Å². The Bertz CT molecular complexity index is 1190. The van der Waals surface area contributed by atoms with E-state index in [1.54, 1.807) is 18.2 Å². The van der Waals surface area contributed by atoms with Crippen molar-refractivity contribution >= 4 is 11.8 Å². The van der Waals surface area contributed by atoms with Gasteiger partial charge in [0.15, 0.2) is 11.5 Å². The molecule has 0 saturated heterocycles. The van der Waals surface area contributed by atoms with Gasteiger partial charge in [-0.15, -0.1) is 0 Å². The zero-order valence-electron chi connectivity index (χ0n) is 18.4. The molecular weight excluding hydrogens is 414 g/mol. The zero-order valence-corrected chi connectivity index (χ0v) is 18.4. The van der Waals surface area contributed by atoms with Crippen molar-refractivity contribution in [3.05, 3.63) is 65.9 Å². The molecule has 1 heterocycles. The van der Waals surface area contributed by atoms with E-state index in [0.29, 0.717) is 17.0 Å². The Morgan fingerprint density at radius 2 is 1.52 bits per heavy atom. The molecule has 0 aliphatic heterocycles. The van der Waals surface area contributed by atoms with E-state index in [-0.39, 0.29) is 11.4 Å². The molecule has 6 heteroatoms. The summed E-state index contributed by atoms with van der Waals surface area (Å²) in [5, 5.41) is 7.42. The van der Waals surface area contributed by atoms with Crippen molar-refractivity contribution in [3.63, 3.8) is 0 Å². The van der Waals surface area contributed by atoms with Gasteiger partial charge in [0.2, 0.25) is 5.91 Å². The fourth-order valence-electron chi connectivity index (χ4n) is 6.77. The lowest BCUT2D eigenvalue weighted by Crippen LogP contribution is -2.59. The number of amides is 2. The van der Waals surface area contributed by atoms with Crippen molar-refractivity contribution in [3.8, 4) is 22.5 Å². The van der Waals surface area contributed by atoms with Gasteiger partial charge in [-0.05, 0) is 79.5 Å². The molecule has 2 aromatic carbocycles. The number of primary amides is 1. The number of hydrogen-bond donors (Lipinski definition) is 2. The van der Waals surface area contributed by atoms with E-state index in [2.05, 4.69) is 10.5 Å². The summed E-state index contributed by atoms with van der Waals surface area (Å²) in [7, 11) is 0. The molecule has 6 nitrogen and oxygen atoms in total. The number of aromatic nitrogens is 1. The first-order valence-corrected chi connectivity index (χ1v) is 11.8. The fraction of sp³-hybridized carbons (Fsp3) is 0.370. The molecule has 4 bridgehead atoms. The third-order valence-electron chi connectivity index (χ3n) is 7.81. The second kappa shape index (κ2) is 7.58. The van der Waals surface area contributed by atoms with Crippen molar-refractivity contribution in [2.24, 2.45) is 23.5 Å². The Morgan fingerprint density at radius 1 is 0.879 bits per heavy atom. The Labute approximate surface area is 192 Å². The van der Waals surface area contributed by atoms with Crippen LogP contribution in [0.2, 0.25) is 0 Å². The molecule has 3 aromatic rings. The van der Waals surface area contributed by atoms with Crippen LogP contribution in [-0.2, 0) is 0 Å². The summed E-state index contributed by atoms with van der Waals surface area (Å²) in [5.41, 5.74) is 8.85. The normalized spacial score (nSPS) is 27.5. The molecule has 0 radical (unpaired) electrons. The van der Waals surface area contributed by atoms with Gasteiger partial charge in [-0.1, -0.05) is 41.6 Å². The van der Waals surface area contributed by atoms with Gasteiger partial charge in [-0.25, -0.2) is 0 Å². The van der Waals surface area contributed by atoms with Crippen LogP contribution in [0, 0.1) is 17.8 Å². The summed E-state index contributed by atoms with van der Waals surface area (Å²) in [6.07, 6.45) is 7.33. The third kappa shape index (κ3) is 3.73. The van der Waals surface area contributed by atoms with Crippen LogP contribution in [0.3, 0.4) is 0 Å². The van der Waals surface area contributed by atoms with Gasteiger partial charge in [-0.2, -0.15) is 0 Å². The lowest BCUT2D eigenvalue weighted by molar-refractivity contribution is -0.0168. The largest absolute Gasteiger partial charge is 0.366 e. The third-order valence-corrected chi connectivity index (χ3v) is 7.81. The SMILES string of the molecule is NC(=O)c1cccc(-c2ccc(-c3cc(C(=O)NC45CC6CC(CC(C6)C4)C5)no3)cc2)c1. The molecule has 2 amide bonds. The number of nitrogens with zero attached hydrogens (tertiary/aromatic N) is 1. The first kappa shape index (κ1) is 20.2. The van der Waals surface area contributed by atoms with Crippen molar-refractivity contribution in [2.45, 2.75) is 44.1 Å². The number of carbonyl (C=O) groups is 2. The molecule has 1 aromatic heterocycles. The lowest BCUT2D eigenvalue weighted by Gasteiger charge is -2.56. The average molecular weight is 442 g/mol. The fourth-order valence-corrected chi connectivity index (χ4v) is 6.77. The Kier molecular flexibility index (Phi) is 4.64. The van der Waals surface area contributed by atoms with Crippen LogP contribution >= 0.6 is 0 Å². The van der Waals surface area contributed by atoms with E-state index in [1.165, 1.54) is 19.3 Å². The minimum atomic E-state index is -0.450. The van der Waals surface area contributed by atoms with Gasteiger partial charge in [0.25, 0.3) is 5.91 Å². The summed E-state index contributed by atoms with van der Waals surface area (Å²) in [5.74, 6) is 2.29. The van der Waals surface area contributed by atoms with Crippen LogP contribution in [0.4, 0.5) is 0 Å². The Morgan fingerprint density at radius 3 is 2.15 bits per heavy atom. The average Bonchev–Trinajstić information content (AvgIpc) is 3.29. The van der Waals surface area contributed by atoms with Gasteiger partial charge in [0, 0.05) is 22.7 Å². The molecule has 0 atom stereocenters. The Balaban J connectivity index is 1.18. The summed E-state index contributed by atoms with van der Waals surface area (Å²) in [6.45, 7) is 0. The smallest absolute Gasteiger partial charge is 0.273 e. The number of carbonyl (C=O) groups excluding carboxylic acids is 2. The van der Waals surface area contributed by atoms with E-state index in [4.69, 9.17) is 10.3 Å². The molecule has 33 heavy (non-hydrogen) atoms. The van der Waals surface area contributed by atoms with Crippen molar-refractivity contribution in [2.75, 3.05) is 0 Å². The molecule has 3 N–H and O–H groups in total. The topological polar surface area (TPSA) is 98.2 Å². The molecule has 4 aliphatic carbocycles. The predicted molar refractivity (Wildman–Crippen MR) is 124 cm³/mol. The summed E-state index contributed by atoms with van der Waals surface area (Å²) >= 11 is 0. The first-order valence-electron chi connectivity index (χ1n) is 11.8. The van der Waals surface area contributed by atoms with Crippen molar-refractivity contribution in [1.29, 1.82) is 0 Å². The van der Waals surface area contributed by atoms with Gasteiger partial charge < -0.3 is 15.6 Å². The van der Waals surface area contributed by atoms with E-state index >= 15 is 0 Å². The summed E-state index contributed by atoms with van der Waals surface area (Å²) in [4.78, 5) is 24.5. The number of rotatable bonds is 5. The highest BCUT2D eigenvalue weighted by Gasteiger charge is 2.51. The summed E-state index contributed by atoms with van der Waals surface area (Å²) in [6, 6.07) is 16.7. The van der Waals surface area contributed by atoms with Crippen LogP contribution < -0.4 is 11.1 Å². The number of nitrogens with one attached hydrogen (secondary N) is 1. The minimum absolute atomic E-state index is 0.0496. The number of hydrogen-bond acceptors (Lipinski definition) is 4. The second-order valence-electron chi connectivity index (χ2n) is 10.3. The van der Waals surface area contributed by atoms with Crippen LogP contribution in [0.15, 0.2) is 59.1 Å². The standard InChI is InChI=1S/C27H27N3O3/c28-25(31)22-3-1-2-21(11-22)19-4-6-20(7-5-19)24-12-23(30-33-24)26(32)29-27-13-16-8-17(14-27)10-18(9-16)15-27/h1-7,11-12,16-18H,8-10,13-15H2,(H2,28,31)(H,29,32). The highest BCUT2D eigenvalue weighted by molar-refractivity contribution is 5.94. The summed E-state index contributed by atoms with van der Waals surface area (Å²) < 4.78 is 5.52.